The molecule has 1 aromatic carbocycles. The first-order valence-electron chi connectivity index (χ1n) is 13.5. The van der Waals surface area contributed by atoms with Crippen molar-refractivity contribution < 1.29 is 14.3 Å². The number of hydrogen-bond acceptors (Lipinski definition) is 3. The van der Waals surface area contributed by atoms with Gasteiger partial charge in [-0.15, -0.1) is 0 Å². The van der Waals surface area contributed by atoms with Crippen LogP contribution in [-0.2, 0) is 19.9 Å². The molecule has 2 saturated carbocycles. The van der Waals surface area contributed by atoms with Crippen molar-refractivity contribution in [3.63, 3.8) is 0 Å². The summed E-state index contributed by atoms with van der Waals surface area (Å²) < 4.78 is 13.0. The van der Waals surface area contributed by atoms with Gasteiger partial charge in [0.25, 0.3) is 0 Å². The molecule has 0 aliphatic heterocycles. The molecule has 0 amide bonds. The van der Waals surface area contributed by atoms with E-state index in [0.717, 1.165) is 18.6 Å². The van der Waals surface area contributed by atoms with Gasteiger partial charge in [-0.05, 0) is 68.9 Å². The molecule has 35 heavy (non-hydrogen) atoms. The molecule has 3 aliphatic rings. The van der Waals surface area contributed by atoms with Crippen LogP contribution in [-0.4, -0.2) is 19.6 Å². The Labute approximate surface area is 214 Å². The highest BCUT2D eigenvalue weighted by Crippen LogP contribution is 2.74. The van der Waals surface area contributed by atoms with Crippen LogP contribution in [0.3, 0.4) is 0 Å². The van der Waals surface area contributed by atoms with Crippen molar-refractivity contribution in [2.24, 2.45) is 22.7 Å². The van der Waals surface area contributed by atoms with Crippen molar-refractivity contribution in [2.45, 2.75) is 104 Å². The first kappa shape index (κ1) is 26.3. The monoisotopic (exact) mass is 494 g/mol. The van der Waals surface area contributed by atoms with E-state index in [1.807, 2.05) is 20.8 Å². The summed E-state index contributed by atoms with van der Waals surface area (Å²) in [6.45, 7) is 20.3. The average molecular weight is 495 g/mol. The van der Waals surface area contributed by atoms with E-state index in [2.05, 4.69) is 82.9 Å². The normalized spacial score (nSPS) is 32.1. The van der Waals surface area contributed by atoms with Crippen LogP contribution >= 0.6 is 0 Å². The molecule has 4 atom stereocenters. The summed E-state index contributed by atoms with van der Waals surface area (Å²) >= 11 is 0. The Morgan fingerprint density at radius 1 is 1.06 bits per heavy atom. The lowest BCUT2D eigenvalue weighted by Crippen LogP contribution is -2.47. The molecule has 1 aromatic rings. The van der Waals surface area contributed by atoms with E-state index in [1.54, 1.807) is 0 Å². The second kappa shape index (κ2) is 8.64. The third-order valence-electron chi connectivity index (χ3n) is 9.44. The van der Waals surface area contributed by atoms with Crippen LogP contribution in [0.25, 0.3) is 0 Å². The van der Waals surface area contributed by atoms with Crippen molar-refractivity contribution in [1.29, 1.82) is 0 Å². The van der Waals surface area contributed by atoms with Crippen LogP contribution in [0.4, 0.5) is 0 Å². The minimum Gasteiger partial charge on any atom is -0.486 e. The van der Waals surface area contributed by atoms with E-state index in [9.17, 15) is 4.79 Å². The Kier molecular flexibility index (Phi) is 6.48. The summed E-state index contributed by atoms with van der Waals surface area (Å²) in [7, 11) is -1.60. The number of esters is 1. The molecule has 0 spiro atoms. The maximum Gasteiger partial charge on any atom is 0.306 e. The third kappa shape index (κ3) is 4.56. The van der Waals surface area contributed by atoms with E-state index >= 15 is 0 Å². The smallest absolute Gasteiger partial charge is 0.306 e. The zero-order valence-corrected chi connectivity index (χ0v) is 24.5. The predicted octanol–water partition coefficient (Wildman–Crippen LogP) is 8.18. The van der Waals surface area contributed by atoms with E-state index < -0.39 is 13.7 Å². The van der Waals surface area contributed by atoms with Gasteiger partial charge in [0, 0.05) is 11.8 Å². The lowest BCUT2D eigenvalue weighted by atomic mass is 9.62. The van der Waals surface area contributed by atoms with E-state index in [4.69, 9.17) is 9.47 Å². The molecule has 3 nitrogen and oxygen atoms in total. The molecule has 0 aromatic heterocycles. The molecule has 0 N–H and O–H groups in total. The number of carbonyl (C=O) groups excluding carboxylic acids is 1. The maximum atomic E-state index is 12.9. The van der Waals surface area contributed by atoms with Gasteiger partial charge in [-0.2, -0.15) is 0 Å². The number of fused-ring (bicyclic) bond motifs is 2. The Hall–Kier alpha value is -1.81. The van der Waals surface area contributed by atoms with Crippen molar-refractivity contribution in [2.75, 3.05) is 0 Å². The van der Waals surface area contributed by atoms with Crippen molar-refractivity contribution >= 4 is 14.0 Å². The maximum absolute atomic E-state index is 12.9. The highest BCUT2D eigenvalue weighted by Gasteiger charge is 2.71. The second-order valence-corrected chi connectivity index (χ2v) is 19.1. The summed E-state index contributed by atoms with van der Waals surface area (Å²) in [6.07, 6.45) is 9.19. The Morgan fingerprint density at radius 2 is 1.71 bits per heavy atom. The largest absolute Gasteiger partial charge is 0.486 e. The molecular formula is C31H46O3Si. The van der Waals surface area contributed by atoms with E-state index in [-0.39, 0.29) is 28.3 Å². The molecule has 0 unspecified atom stereocenters. The number of carbonyl (C=O) groups is 1. The molecule has 4 rings (SSSR count). The molecule has 192 valence electrons. The lowest BCUT2D eigenvalue weighted by molar-refractivity contribution is -0.155. The van der Waals surface area contributed by atoms with Gasteiger partial charge < -0.3 is 9.47 Å². The molecule has 4 heteroatoms. The molecule has 0 saturated heterocycles. The zero-order chi connectivity index (χ0) is 25.9. The summed E-state index contributed by atoms with van der Waals surface area (Å²) in [5.41, 5.74) is 0.754. The summed E-state index contributed by atoms with van der Waals surface area (Å²) in [6, 6.07) is 10.9. The minimum atomic E-state index is -1.60. The SMILES string of the molecule is CC(C)(C)OC(=O)C[C@@H]1CC(O[C@]2(c3ccccc3)C[C@H]3CC[C@]2(C)C3(C)C)=CC=C1[Si](C)(C)C. The second-order valence-electron chi connectivity index (χ2n) is 14.0. The van der Waals surface area contributed by atoms with Crippen molar-refractivity contribution in [1.82, 2.24) is 0 Å². The van der Waals surface area contributed by atoms with E-state index in [1.165, 1.54) is 23.6 Å². The quantitative estimate of drug-likeness (QED) is 0.295. The van der Waals surface area contributed by atoms with Gasteiger partial charge in [-0.3, -0.25) is 4.79 Å². The van der Waals surface area contributed by atoms with Crippen molar-refractivity contribution in [3.05, 3.63) is 59.0 Å². The lowest BCUT2D eigenvalue weighted by Gasteiger charge is -2.49. The topological polar surface area (TPSA) is 35.5 Å². The van der Waals surface area contributed by atoms with Crippen LogP contribution in [0.2, 0.25) is 19.6 Å². The third-order valence-corrected chi connectivity index (χ3v) is 11.7. The van der Waals surface area contributed by atoms with Crippen LogP contribution in [0.1, 0.15) is 79.2 Å². The van der Waals surface area contributed by atoms with Gasteiger partial charge in [0.2, 0.25) is 0 Å². The molecule has 3 aliphatic carbocycles. The first-order valence-corrected chi connectivity index (χ1v) is 17.0. The van der Waals surface area contributed by atoms with Crippen LogP contribution in [0.5, 0.6) is 0 Å². The van der Waals surface area contributed by atoms with Gasteiger partial charge in [0.05, 0.1) is 20.3 Å². The fourth-order valence-corrected chi connectivity index (χ4v) is 9.29. The molecule has 2 bridgehead atoms. The van der Waals surface area contributed by atoms with Gasteiger partial charge in [-0.1, -0.05) is 82.0 Å². The number of rotatable bonds is 6. The number of benzene rings is 1. The van der Waals surface area contributed by atoms with Crippen LogP contribution in [0.15, 0.2) is 53.4 Å². The Balaban J connectivity index is 1.69. The van der Waals surface area contributed by atoms with Gasteiger partial charge in [-0.25, -0.2) is 0 Å². The highest BCUT2D eigenvalue weighted by atomic mass is 28.3. The fraction of sp³-hybridized carbons (Fsp3) is 0.645. The zero-order valence-electron chi connectivity index (χ0n) is 23.5. The number of ether oxygens (including phenoxy) is 2. The molecule has 0 heterocycles. The standard InChI is InChI=1S/C31H46O3Si/c1-28(2,3)34-27(32)20-22-19-25(15-16-26(22)35(7,8)9)33-31(23-13-11-10-12-14-23)21-24-17-18-30(31,6)29(24,4)5/h10-16,22,24H,17-21H2,1-9H3/t22-,24+,30+,31-/m0/s1. The molecule has 2 fully saturated rings. The van der Waals surface area contributed by atoms with Gasteiger partial charge in [0.1, 0.15) is 11.2 Å². The average Bonchev–Trinajstić information content (AvgIpc) is 3.05. The van der Waals surface area contributed by atoms with Crippen molar-refractivity contribution in [3.8, 4) is 0 Å². The predicted molar refractivity (Wildman–Crippen MR) is 147 cm³/mol. The first-order chi connectivity index (χ1) is 16.1. The fourth-order valence-electron chi connectivity index (χ4n) is 7.27. The van der Waals surface area contributed by atoms with Crippen LogP contribution < -0.4 is 0 Å². The van der Waals surface area contributed by atoms with Gasteiger partial charge in [0.15, 0.2) is 0 Å². The number of allylic oxidation sites excluding steroid dienone is 4. The summed E-state index contributed by atoms with van der Waals surface area (Å²) in [5, 5.41) is 1.43. The molecular weight excluding hydrogens is 448 g/mol. The minimum absolute atomic E-state index is 0.0519. The van der Waals surface area contributed by atoms with Crippen LogP contribution in [0, 0.1) is 22.7 Å². The summed E-state index contributed by atoms with van der Waals surface area (Å²) in [5.74, 6) is 1.71. The Bertz CT molecular complexity index is 1020. The number of hydrogen-bond donors (Lipinski definition) is 0. The highest BCUT2D eigenvalue weighted by molar-refractivity contribution is 6.83. The van der Waals surface area contributed by atoms with E-state index in [0.29, 0.717) is 12.3 Å². The van der Waals surface area contributed by atoms with Gasteiger partial charge >= 0.3 is 5.97 Å². The molecule has 0 radical (unpaired) electrons. The summed E-state index contributed by atoms with van der Waals surface area (Å²) in [4.78, 5) is 12.9. The Morgan fingerprint density at radius 3 is 2.23 bits per heavy atom.